The first-order valence-corrected chi connectivity index (χ1v) is 11.7. The Morgan fingerprint density at radius 1 is 1.23 bits per heavy atom. The zero-order chi connectivity index (χ0) is 20.7. The number of carbonyl (C=O) groups excluding carboxylic acids is 1. The highest BCUT2D eigenvalue weighted by molar-refractivity contribution is 14.1. The summed E-state index contributed by atoms with van der Waals surface area (Å²) in [5.74, 6) is -0.634. The molecular weight excluding hydrogens is 497 g/mol. The monoisotopic (exact) mass is 523 g/mol. The Hall–Kier alpha value is -1.49. The maximum absolute atomic E-state index is 13.0. The van der Waals surface area contributed by atoms with Crippen molar-refractivity contribution in [1.82, 2.24) is 9.78 Å². The second-order valence-corrected chi connectivity index (χ2v) is 9.41. The molecule has 8 heteroatoms. The third-order valence-corrected chi connectivity index (χ3v) is 7.20. The number of ether oxygens (including phenoxy) is 3. The molecule has 0 radical (unpaired) electrons. The molecule has 1 aromatic heterocycles. The topological polar surface area (TPSA) is 74.6 Å². The number of hydrogen-bond acceptors (Lipinski definition) is 5. The van der Waals surface area contributed by atoms with Gasteiger partial charge in [0.2, 0.25) is 0 Å². The van der Waals surface area contributed by atoms with Crippen LogP contribution >= 0.6 is 22.6 Å². The fraction of sp³-hybridized carbons (Fsp3) is 0.545. The molecule has 3 heterocycles. The van der Waals surface area contributed by atoms with E-state index in [2.05, 4.69) is 45.1 Å². The first-order chi connectivity index (χ1) is 14.5. The number of aromatic nitrogens is 2. The normalized spacial score (nSPS) is 22.8. The summed E-state index contributed by atoms with van der Waals surface area (Å²) in [5, 5.41) is 7.53. The van der Waals surface area contributed by atoms with Crippen LogP contribution in [0.5, 0.6) is 0 Å². The Labute approximate surface area is 189 Å². The van der Waals surface area contributed by atoms with Crippen molar-refractivity contribution in [2.75, 3.05) is 25.1 Å². The molecule has 30 heavy (non-hydrogen) atoms. The fourth-order valence-electron chi connectivity index (χ4n) is 4.64. The zero-order valence-electron chi connectivity index (χ0n) is 17.1. The number of fused-ring (bicyclic) bond motifs is 1. The molecule has 1 N–H and O–H groups in total. The molecule has 5 rings (SSSR count). The molecule has 1 aromatic carbocycles. The van der Waals surface area contributed by atoms with Gasteiger partial charge < -0.3 is 19.5 Å². The lowest BCUT2D eigenvalue weighted by Gasteiger charge is -2.33. The van der Waals surface area contributed by atoms with E-state index in [0.717, 1.165) is 60.1 Å². The minimum Gasteiger partial charge on any atom is -0.357 e. The van der Waals surface area contributed by atoms with Crippen molar-refractivity contribution in [3.05, 3.63) is 44.3 Å². The van der Waals surface area contributed by atoms with Gasteiger partial charge in [-0.15, -0.1) is 0 Å². The average molecular weight is 523 g/mol. The molecule has 3 aliphatic rings. The van der Waals surface area contributed by atoms with E-state index in [0.29, 0.717) is 18.8 Å². The molecule has 0 saturated carbocycles. The van der Waals surface area contributed by atoms with E-state index in [1.807, 2.05) is 11.6 Å². The van der Waals surface area contributed by atoms with Gasteiger partial charge in [0.1, 0.15) is 6.23 Å². The van der Waals surface area contributed by atoms with E-state index in [-0.39, 0.29) is 12.1 Å². The quantitative estimate of drug-likeness (QED) is 0.617. The summed E-state index contributed by atoms with van der Waals surface area (Å²) in [6.07, 6.45) is 7.22. The van der Waals surface area contributed by atoms with E-state index in [1.165, 1.54) is 11.1 Å². The third kappa shape index (κ3) is 3.79. The van der Waals surface area contributed by atoms with Gasteiger partial charge >= 0.3 is 0 Å². The van der Waals surface area contributed by atoms with Crippen LogP contribution in [0.15, 0.2) is 18.3 Å². The van der Waals surface area contributed by atoms with Gasteiger partial charge in [0, 0.05) is 23.0 Å². The van der Waals surface area contributed by atoms with Crippen molar-refractivity contribution in [3.8, 4) is 0 Å². The van der Waals surface area contributed by atoms with Gasteiger partial charge in [-0.3, -0.25) is 4.79 Å². The molecule has 2 aromatic rings. The van der Waals surface area contributed by atoms with Crippen LogP contribution in [-0.4, -0.2) is 41.3 Å². The number of nitrogens with zero attached hydrogens (tertiary/aromatic N) is 2. The summed E-state index contributed by atoms with van der Waals surface area (Å²) in [6.45, 7) is 3.97. The van der Waals surface area contributed by atoms with Crippen molar-refractivity contribution < 1.29 is 19.0 Å². The number of nitrogens with one attached hydrogen (secondary N) is 1. The summed E-state index contributed by atoms with van der Waals surface area (Å²) in [6, 6.07) is 4.24. The summed E-state index contributed by atoms with van der Waals surface area (Å²) < 4.78 is 20.5. The van der Waals surface area contributed by atoms with E-state index >= 15 is 0 Å². The van der Waals surface area contributed by atoms with Crippen LogP contribution in [0.4, 0.5) is 5.69 Å². The van der Waals surface area contributed by atoms with Crippen LogP contribution in [-0.2, 0) is 27.1 Å². The molecule has 0 bridgehead atoms. The van der Waals surface area contributed by atoms with Gasteiger partial charge in [0.15, 0.2) is 5.79 Å². The van der Waals surface area contributed by atoms with Crippen LogP contribution in [0.1, 0.15) is 59.1 Å². The first-order valence-electron chi connectivity index (χ1n) is 10.6. The molecule has 1 atom stereocenters. The van der Waals surface area contributed by atoms with Gasteiger partial charge in [-0.25, -0.2) is 4.68 Å². The average Bonchev–Trinajstić information content (AvgIpc) is 3.36. The number of carbonyl (C=O) groups is 1. The Balaban J connectivity index is 1.36. The van der Waals surface area contributed by atoms with E-state index in [4.69, 9.17) is 14.2 Å². The Morgan fingerprint density at radius 3 is 2.83 bits per heavy atom. The Morgan fingerprint density at radius 2 is 2.07 bits per heavy atom. The predicted molar refractivity (Wildman–Crippen MR) is 120 cm³/mol. The molecule has 1 spiro atoms. The number of hydrogen-bond donors (Lipinski definition) is 1. The third-order valence-electron chi connectivity index (χ3n) is 6.30. The molecule has 2 saturated heterocycles. The smallest absolute Gasteiger partial charge is 0.259 e. The van der Waals surface area contributed by atoms with E-state index in [1.54, 1.807) is 6.20 Å². The fourth-order valence-corrected chi connectivity index (χ4v) is 5.31. The predicted octanol–water partition coefficient (Wildman–Crippen LogP) is 3.98. The van der Waals surface area contributed by atoms with Gasteiger partial charge in [0.05, 0.1) is 36.4 Å². The molecule has 7 nitrogen and oxygen atoms in total. The highest BCUT2D eigenvalue weighted by atomic mass is 127. The number of anilines is 1. The molecule has 1 amide bonds. The molecule has 2 aliphatic heterocycles. The van der Waals surface area contributed by atoms with Crippen molar-refractivity contribution in [2.24, 2.45) is 0 Å². The van der Waals surface area contributed by atoms with Crippen molar-refractivity contribution >= 4 is 34.2 Å². The van der Waals surface area contributed by atoms with Gasteiger partial charge in [-0.1, -0.05) is 0 Å². The highest BCUT2D eigenvalue weighted by Gasteiger charge is 2.40. The first kappa shape index (κ1) is 20.4. The summed E-state index contributed by atoms with van der Waals surface area (Å²) in [7, 11) is 0. The lowest BCUT2D eigenvalue weighted by atomic mass is 9.87. The summed E-state index contributed by atoms with van der Waals surface area (Å²) >= 11 is 2.29. The Bertz CT molecular complexity index is 962. The van der Waals surface area contributed by atoms with Crippen molar-refractivity contribution in [3.63, 3.8) is 0 Å². The van der Waals surface area contributed by atoms with Gasteiger partial charge in [-0.05, 0) is 78.5 Å². The van der Waals surface area contributed by atoms with Crippen LogP contribution < -0.4 is 5.32 Å². The molecule has 2 fully saturated rings. The number of amides is 1. The summed E-state index contributed by atoms with van der Waals surface area (Å²) in [5.41, 5.74) is 4.72. The second-order valence-electron chi connectivity index (χ2n) is 8.25. The van der Waals surface area contributed by atoms with Crippen LogP contribution in [0.3, 0.4) is 0 Å². The number of aryl methyl sites for hydroxylation is 1. The van der Waals surface area contributed by atoms with E-state index < -0.39 is 5.79 Å². The van der Waals surface area contributed by atoms with Crippen LogP contribution in [0.25, 0.3) is 0 Å². The largest absolute Gasteiger partial charge is 0.357 e. The summed E-state index contributed by atoms with van der Waals surface area (Å²) in [4.78, 5) is 13.0. The SMILES string of the molecule is Cc1c(C(=O)Nc2cc3c(cc2I)CCC2(C3)OCCO2)cnn1C1CCCCO1. The Kier molecular flexibility index (Phi) is 5.59. The zero-order valence-corrected chi connectivity index (χ0v) is 19.2. The molecule has 160 valence electrons. The minimum absolute atomic E-state index is 0.0771. The van der Waals surface area contributed by atoms with Crippen LogP contribution in [0.2, 0.25) is 0 Å². The number of benzene rings is 1. The minimum atomic E-state index is -0.487. The van der Waals surface area contributed by atoms with Gasteiger partial charge in [0.25, 0.3) is 5.91 Å². The highest BCUT2D eigenvalue weighted by Crippen LogP contribution is 2.37. The van der Waals surface area contributed by atoms with Gasteiger partial charge in [-0.2, -0.15) is 5.10 Å². The second kappa shape index (κ2) is 8.22. The van der Waals surface area contributed by atoms with Crippen LogP contribution in [0, 0.1) is 10.5 Å². The lowest BCUT2D eigenvalue weighted by molar-refractivity contribution is -0.163. The van der Waals surface area contributed by atoms with Crippen molar-refractivity contribution in [1.29, 1.82) is 0 Å². The standard InChI is InChI=1S/C22H26IN3O4/c1-14-17(13-24-26(14)20-4-2-3-7-28-20)21(27)25-19-11-16-12-22(29-8-9-30-22)6-5-15(16)10-18(19)23/h10-11,13,20H,2-9,12H2,1H3,(H,25,27). The molecule has 1 aliphatic carbocycles. The number of halogens is 1. The molecular formula is C22H26IN3O4. The lowest BCUT2D eigenvalue weighted by Crippen LogP contribution is -2.37. The molecule has 1 unspecified atom stereocenters. The maximum Gasteiger partial charge on any atom is 0.259 e. The number of rotatable bonds is 3. The van der Waals surface area contributed by atoms with Crippen molar-refractivity contribution in [2.45, 2.75) is 57.5 Å². The van der Waals surface area contributed by atoms with E-state index in [9.17, 15) is 4.79 Å². The maximum atomic E-state index is 13.0.